The second-order valence-electron chi connectivity index (χ2n) is 7.48. The molecule has 0 spiro atoms. The summed E-state index contributed by atoms with van der Waals surface area (Å²) in [7, 11) is 1.48. The fourth-order valence-corrected chi connectivity index (χ4v) is 3.17. The Labute approximate surface area is 195 Å². The third kappa shape index (κ3) is 6.50. The minimum absolute atomic E-state index is 0.00755. The van der Waals surface area contributed by atoms with Crippen molar-refractivity contribution in [1.29, 1.82) is 0 Å². The maximum Gasteiger partial charge on any atom is 0.416 e. The lowest BCUT2D eigenvalue weighted by atomic mass is 10.1. The highest BCUT2D eigenvalue weighted by Gasteiger charge is 2.31. The molecular weight excluding hydrogens is 447 g/mol. The van der Waals surface area contributed by atoms with Crippen molar-refractivity contribution in [3.63, 3.8) is 0 Å². The van der Waals surface area contributed by atoms with Gasteiger partial charge in [-0.05, 0) is 55.5 Å². The number of nitrogens with zero attached hydrogens (tertiary/aromatic N) is 1. The number of halogens is 3. The number of benzene rings is 3. The van der Waals surface area contributed by atoms with Crippen molar-refractivity contribution in [2.75, 3.05) is 30.4 Å². The summed E-state index contributed by atoms with van der Waals surface area (Å²) >= 11 is 0. The van der Waals surface area contributed by atoms with Crippen molar-refractivity contribution in [3.05, 3.63) is 89.5 Å². The molecule has 0 fully saturated rings. The second-order valence-corrected chi connectivity index (χ2v) is 7.48. The number of nitrogens with one attached hydrogen (secondary N) is 2. The van der Waals surface area contributed by atoms with Gasteiger partial charge in [-0.3, -0.25) is 9.69 Å². The quantitative estimate of drug-likeness (QED) is 0.479. The zero-order valence-corrected chi connectivity index (χ0v) is 18.6. The van der Waals surface area contributed by atoms with Crippen LogP contribution in [0.25, 0.3) is 0 Å². The molecule has 2 N–H and O–H groups in total. The van der Waals surface area contributed by atoms with E-state index in [-0.39, 0.29) is 18.8 Å². The molecule has 34 heavy (non-hydrogen) atoms. The van der Waals surface area contributed by atoms with Crippen LogP contribution in [-0.4, -0.2) is 32.1 Å². The summed E-state index contributed by atoms with van der Waals surface area (Å²) < 4.78 is 44.8. The maximum atomic E-state index is 13.2. The number of methoxy groups -OCH3 is 1. The van der Waals surface area contributed by atoms with E-state index in [9.17, 15) is 22.8 Å². The molecule has 6 nitrogen and oxygen atoms in total. The highest BCUT2D eigenvalue weighted by atomic mass is 19.4. The van der Waals surface area contributed by atoms with Gasteiger partial charge in [0.25, 0.3) is 5.91 Å². The first-order valence-corrected chi connectivity index (χ1v) is 10.4. The SMILES string of the molecule is COc1cccc(C(=O)NCCN(C(=O)Nc2ccc(C)cc2)c2cccc(C(F)(F)F)c2)c1. The highest BCUT2D eigenvalue weighted by molar-refractivity contribution is 6.02. The van der Waals surface area contributed by atoms with E-state index in [1.165, 1.54) is 19.2 Å². The smallest absolute Gasteiger partial charge is 0.416 e. The molecule has 3 aromatic rings. The van der Waals surface area contributed by atoms with Crippen molar-refractivity contribution >= 4 is 23.3 Å². The Morgan fingerprint density at radius 3 is 2.35 bits per heavy atom. The molecule has 0 radical (unpaired) electrons. The minimum atomic E-state index is -4.56. The average molecular weight is 471 g/mol. The number of carbonyl (C=O) groups is 2. The Morgan fingerprint density at radius 2 is 1.68 bits per heavy atom. The first-order chi connectivity index (χ1) is 16.2. The van der Waals surface area contributed by atoms with Crippen molar-refractivity contribution in [2.45, 2.75) is 13.1 Å². The molecule has 0 aliphatic heterocycles. The van der Waals surface area contributed by atoms with Crippen LogP contribution in [0, 0.1) is 6.92 Å². The number of rotatable bonds is 7. The van der Waals surface area contributed by atoms with Crippen molar-refractivity contribution in [1.82, 2.24) is 5.32 Å². The Bertz CT molecular complexity index is 1150. The molecule has 0 aliphatic rings. The van der Waals surface area contributed by atoms with Crippen LogP contribution in [0.4, 0.5) is 29.3 Å². The van der Waals surface area contributed by atoms with Crippen molar-refractivity contribution in [2.24, 2.45) is 0 Å². The first kappa shape index (κ1) is 24.6. The third-order valence-corrected chi connectivity index (χ3v) is 4.99. The largest absolute Gasteiger partial charge is 0.497 e. The van der Waals surface area contributed by atoms with Gasteiger partial charge < -0.3 is 15.4 Å². The Balaban J connectivity index is 1.77. The van der Waals surface area contributed by atoms with Gasteiger partial charge in [-0.2, -0.15) is 13.2 Å². The van der Waals surface area contributed by atoms with Gasteiger partial charge in [-0.25, -0.2) is 4.79 Å². The lowest BCUT2D eigenvalue weighted by molar-refractivity contribution is -0.137. The van der Waals surface area contributed by atoms with Gasteiger partial charge in [0.15, 0.2) is 0 Å². The zero-order valence-electron chi connectivity index (χ0n) is 18.6. The lowest BCUT2D eigenvalue weighted by Crippen LogP contribution is -2.41. The van der Waals surface area contributed by atoms with Gasteiger partial charge in [0.2, 0.25) is 0 Å². The molecule has 0 atom stereocenters. The third-order valence-electron chi connectivity index (χ3n) is 4.99. The van der Waals surface area contributed by atoms with Gasteiger partial charge >= 0.3 is 12.2 Å². The van der Waals surface area contributed by atoms with Gasteiger partial charge in [0.05, 0.1) is 12.7 Å². The zero-order chi connectivity index (χ0) is 24.7. The summed E-state index contributed by atoms with van der Waals surface area (Å²) in [6.45, 7) is 1.84. The molecule has 178 valence electrons. The fraction of sp³-hybridized carbons (Fsp3) is 0.200. The van der Waals surface area contributed by atoms with Crippen LogP contribution in [0.15, 0.2) is 72.8 Å². The predicted molar refractivity (Wildman–Crippen MR) is 124 cm³/mol. The molecule has 0 aliphatic carbocycles. The fourth-order valence-electron chi connectivity index (χ4n) is 3.17. The van der Waals surface area contributed by atoms with E-state index in [4.69, 9.17) is 4.74 Å². The van der Waals surface area contributed by atoms with Crippen LogP contribution < -0.4 is 20.3 Å². The average Bonchev–Trinajstić information content (AvgIpc) is 2.82. The molecule has 9 heteroatoms. The van der Waals surface area contributed by atoms with Crippen molar-refractivity contribution in [3.8, 4) is 5.75 Å². The van der Waals surface area contributed by atoms with Crippen LogP contribution in [-0.2, 0) is 6.18 Å². The summed E-state index contributed by atoms with van der Waals surface area (Å²) in [6.07, 6.45) is -4.56. The van der Waals surface area contributed by atoms with E-state index in [2.05, 4.69) is 10.6 Å². The number of hydrogen-bond donors (Lipinski definition) is 2. The number of alkyl halides is 3. The standard InChI is InChI=1S/C25H24F3N3O3/c1-17-9-11-20(12-10-17)30-24(33)31(21-7-4-6-19(16-21)25(26,27)28)14-13-29-23(32)18-5-3-8-22(15-18)34-2/h3-12,15-16H,13-14H2,1-2H3,(H,29,32)(H,30,33). The Morgan fingerprint density at radius 1 is 0.971 bits per heavy atom. The van der Waals surface area contributed by atoms with E-state index in [0.29, 0.717) is 17.0 Å². The maximum absolute atomic E-state index is 13.2. The highest BCUT2D eigenvalue weighted by Crippen LogP contribution is 2.31. The topological polar surface area (TPSA) is 70.7 Å². The monoisotopic (exact) mass is 471 g/mol. The Kier molecular flexibility index (Phi) is 7.78. The molecular formula is C25H24F3N3O3. The summed E-state index contributed by atoms with van der Waals surface area (Å²) in [5, 5.41) is 5.37. The van der Waals surface area contributed by atoms with Crippen LogP contribution in [0.3, 0.4) is 0 Å². The van der Waals surface area contributed by atoms with Crippen LogP contribution in [0.2, 0.25) is 0 Å². The second kappa shape index (κ2) is 10.7. The number of urea groups is 1. The molecule has 0 bridgehead atoms. The number of ether oxygens (including phenoxy) is 1. The molecule has 3 amide bonds. The molecule has 0 saturated carbocycles. The van der Waals surface area contributed by atoms with Gasteiger partial charge in [-0.1, -0.05) is 29.8 Å². The van der Waals surface area contributed by atoms with E-state index < -0.39 is 23.7 Å². The van der Waals surface area contributed by atoms with Gasteiger partial charge in [0.1, 0.15) is 5.75 Å². The van der Waals surface area contributed by atoms with Gasteiger partial charge in [0, 0.05) is 30.0 Å². The first-order valence-electron chi connectivity index (χ1n) is 10.4. The van der Waals surface area contributed by atoms with E-state index in [1.807, 2.05) is 6.92 Å². The van der Waals surface area contributed by atoms with E-state index >= 15 is 0 Å². The van der Waals surface area contributed by atoms with Crippen molar-refractivity contribution < 1.29 is 27.5 Å². The molecule has 0 saturated heterocycles. The summed E-state index contributed by atoms with van der Waals surface area (Å²) in [5.74, 6) is 0.109. The molecule has 0 heterocycles. The Hall–Kier alpha value is -4.01. The van der Waals surface area contributed by atoms with Crippen LogP contribution >= 0.6 is 0 Å². The summed E-state index contributed by atoms with van der Waals surface area (Å²) in [6, 6.07) is 17.4. The summed E-state index contributed by atoms with van der Waals surface area (Å²) in [4.78, 5) is 26.6. The number of carbonyl (C=O) groups excluding carboxylic acids is 2. The number of amides is 3. The molecule has 0 unspecified atom stereocenters. The number of aryl methyl sites for hydroxylation is 1. The normalized spacial score (nSPS) is 11.0. The van der Waals surface area contributed by atoms with E-state index in [0.717, 1.165) is 22.6 Å². The van der Waals surface area contributed by atoms with Crippen LogP contribution in [0.1, 0.15) is 21.5 Å². The minimum Gasteiger partial charge on any atom is -0.497 e. The summed E-state index contributed by atoms with van der Waals surface area (Å²) in [5.41, 5.74) is 1.02. The molecule has 3 aromatic carbocycles. The van der Waals surface area contributed by atoms with Gasteiger partial charge in [-0.15, -0.1) is 0 Å². The predicted octanol–water partition coefficient (Wildman–Crippen LogP) is 5.49. The van der Waals surface area contributed by atoms with Crippen LogP contribution in [0.5, 0.6) is 5.75 Å². The van der Waals surface area contributed by atoms with E-state index in [1.54, 1.807) is 48.5 Å². The number of hydrogen-bond acceptors (Lipinski definition) is 3. The molecule has 0 aromatic heterocycles. The molecule has 3 rings (SSSR count). The lowest BCUT2D eigenvalue weighted by Gasteiger charge is -2.24. The number of anilines is 2.